The molecule has 1 nitrogen and oxygen atoms in total. The van der Waals surface area contributed by atoms with E-state index in [9.17, 15) is 0 Å². The van der Waals surface area contributed by atoms with Gasteiger partial charge in [-0.15, -0.1) is 0 Å². The van der Waals surface area contributed by atoms with E-state index in [1.807, 2.05) is 12.1 Å². The van der Waals surface area contributed by atoms with Crippen LogP contribution in [0.2, 0.25) is 0 Å². The summed E-state index contributed by atoms with van der Waals surface area (Å²) in [5, 5.41) is 9.85. The van der Waals surface area contributed by atoms with Gasteiger partial charge in [-0.1, -0.05) is 140 Å². The van der Waals surface area contributed by atoms with Gasteiger partial charge in [0, 0.05) is 10.8 Å². The summed E-state index contributed by atoms with van der Waals surface area (Å²) >= 11 is 0. The quantitative estimate of drug-likeness (QED) is 0.201. The molecule has 0 unspecified atom stereocenters. The third kappa shape index (κ3) is 3.65. The van der Waals surface area contributed by atoms with Crippen molar-refractivity contribution in [3.8, 4) is 33.4 Å². The van der Waals surface area contributed by atoms with Gasteiger partial charge in [0.25, 0.3) is 0 Å². The number of rotatable bonds is 3. The molecule has 1 heteroatoms. The van der Waals surface area contributed by atoms with Crippen LogP contribution in [0.25, 0.3) is 87.6 Å². The number of hydrogen-bond acceptors (Lipinski definition) is 1. The topological polar surface area (TPSA) is 13.1 Å². The molecule has 0 spiro atoms. The van der Waals surface area contributed by atoms with Crippen LogP contribution in [0.4, 0.5) is 0 Å². The Hall–Kier alpha value is -5.66. The molecule has 0 aliphatic rings. The maximum atomic E-state index is 6.16. The molecule has 8 aromatic carbocycles. The van der Waals surface area contributed by atoms with E-state index in [1.165, 1.54) is 65.7 Å². The van der Waals surface area contributed by atoms with Crippen LogP contribution in [0.1, 0.15) is 0 Å². The van der Waals surface area contributed by atoms with Gasteiger partial charge in [-0.3, -0.25) is 0 Å². The fraction of sp³-hybridized carbons (Fsp3) is 0. The van der Waals surface area contributed by atoms with Crippen LogP contribution < -0.4 is 0 Å². The molecule has 0 radical (unpaired) electrons. The number of benzene rings is 8. The van der Waals surface area contributed by atoms with E-state index in [0.717, 1.165) is 21.9 Å². The highest BCUT2D eigenvalue weighted by Gasteiger charge is 2.20. The van der Waals surface area contributed by atoms with Crippen LogP contribution in [-0.2, 0) is 0 Å². The Morgan fingerprint density at radius 2 is 0.791 bits per heavy atom. The lowest BCUT2D eigenvalue weighted by Gasteiger charge is -2.20. The fourth-order valence-corrected chi connectivity index (χ4v) is 7.00. The second-order valence-electron chi connectivity index (χ2n) is 11.2. The molecule has 0 atom stereocenters. The SMILES string of the molecule is c1ccc(-c2c3ccccc3c(-c3cccc4ccccc34)c3ccccc23)c(-c2ccc3oc4ccccc4c3c2)c1. The van der Waals surface area contributed by atoms with E-state index in [4.69, 9.17) is 4.42 Å². The van der Waals surface area contributed by atoms with Crippen molar-refractivity contribution in [2.45, 2.75) is 0 Å². The normalized spacial score (nSPS) is 11.7. The largest absolute Gasteiger partial charge is 0.456 e. The third-order valence-corrected chi connectivity index (χ3v) is 8.87. The minimum Gasteiger partial charge on any atom is -0.456 e. The highest BCUT2D eigenvalue weighted by Crippen LogP contribution is 2.47. The number of para-hydroxylation sites is 1. The van der Waals surface area contributed by atoms with E-state index in [1.54, 1.807) is 0 Å². The summed E-state index contributed by atoms with van der Waals surface area (Å²) in [4.78, 5) is 0. The zero-order chi connectivity index (χ0) is 28.3. The first-order valence-corrected chi connectivity index (χ1v) is 14.8. The lowest BCUT2D eigenvalue weighted by molar-refractivity contribution is 0.669. The monoisotopic (exact) mass is 546 g/mol. The molecule has 200 valence electrons. The summed E-state index contributed by atoms with van der Waals surface area (Å²) in [5.41, 5.74) is 9.28. The Morgan fingerprint density at radius 1 is 0.302 bits per heavy atom. The smallest absolute Gasteiger partial charge is 0.135 e. The van der Waals surface area contributed by atoms with Crippen LogP contribution in [0.15, 0.2) is 162 Å². The Morgan fingerprint density at radius 3 is 1.51 bits per heavy atom. The number of hydrogen-bond donors (Lipinski definition) is 0. The average molecular weight is 547 g/mol. The van der Waals surface area contributed by atoms with Gasteiger partial charge in [0.2, 0.25) is 0 Å². The van der Waals surface area contributed by atoms with E-state index in [2.05, 4.69) is 146 Å². The molecular formula is C42H26O. The zero-order valence-corrected chi connectivity index (χ0v) is 23.4. The molecule has 1 heterocycles. The lowest BCUT2D eigenvalue weighted by Crippen LogP contribution is -1.93. The van der Waals surface area contributed by atoms with Crippen LogP contribution in [0, 0.1) is 0 Å². The van der Waals surface area contributed by atoms with Gasteiger partial charge in [-0.2, -0.15) is 0 Å². The molecule has 9 rings (SSSR count). The molecule has 0 saturated heterocycles. The molecular weight excluding hydrogens is 520 g/mol. The van der Waals surface area contributed by atoms with Crippen molar-refractivity contribution in [1.29, 1.82) is 0 Å². The molecule has 0 saturated carbocycles. The summed E-state index contributed by atoms with van der Waals surface area (Å²) in [5.74, 6) is 0. The zero-order valence-electron chi connectivity index (χ0n) is 23.4. The highest BCUT2D eigenvalue weighted by atomic mass is 16.3. The molecule has 43 heavy (non-hydrogen) atoms. The molecule has 0 bridgehead atoms. The Kier molecular flexibility index (Phi) is 5.27. The van der Waals surface area contributed by atoms with Gasteiger partial charge in [-0.25, -0.2) is 0 Å². The first-order chi connectivity index (χ1) is 21.3. The molecule has 0 aliphatic heterocycles. The predicted octanol–water partition coefficient (Wildman–Crippen LogP) is 12.0. The Bertz CT molecular complexity index is 2450. The van der Waals surface area contributed by atoms with Gasteiger partial charge in [0.1, 0.15) is 11.2 Å². The van der Waals surface area contributed by atoms with E-state index in [0.29, 0.717) is 0 Å². The number of furan rings is 1. The first kappa shape index (κ1) is 24.0. The van der Waals surface area contributed by atoms with Crippen molar-refractivity contribution in [3.63, 3.8) is 0 Å². The van der Waals surface area contributed by atoms with Crippen LogP contribution in [0.5, 0.6) is 0 Å². The van der Waals surface area contributed by atoms with E-state index >= 15 is 0 Å². The Labute approximate surface area is 249 Å². The van der Waals surface area contributed by atoms with Crippen molar-refractivity contribution in [2.75, 3.05) is 0 Å². The minimum absolute atomic E-state index is 0.915. The minimum atomic E-state index is 0.915. The summed E-state index contributed by atoms with van der Waals surface area (Å²) in [7, 11) is 0. The van der Waals surface area contributed by atoms with Gasteiger partial charge in [-0.05, 0) is 83.9 Å². The molecule has 0 amide bonds. The summed E-state index contributed by atoms with van der Waals surface area (Å²) in [6, 6.07) is 56.9. The third-order valence-electron chi connectivity index (χ3n) is 8.87. The molecule has 0 N–H and O–H groups in total. The standard InChI is InChI=1S/C42H26O/c1-2-14-29-27(12-1)13-11-22-33(29)42-36-20-7-5-18-34(36)41(35-19-6-8-21-37(35)42)32-17-4-3-15-30(32)28-24-25-40-38(26-28)31-16-9-10-23-39(31)43-40/h1-26H. The van der Waals surface area contributed by atoms with Crippen molar-refractivity contribution in [1.82, 2.24) is 0 Å². The van der Waals surface area contributed by atoms with Gasteiger partial charge in [0.05, 0.1) is 0 Å². The van der Waals surface area contributed by atoms with Crippen molar-refractivity contribution >= 4 is 54.3 Å². The molecule has 1 aromatic heterocycles. The second kappa shape index (κ2) is 9.44. The van der Waals surface area contributed by atoms with E-state index < -0.39 is 0 Å². The van der Waals surface area contributed by atoms with E-state index in [-0.39, 0.29) is 0 Å². The summed E-state index contributed by atoms with van der Waals surface area (Å²) in [6.07, 6.45) is 0. The maximum absolute atomic E-state index is 6.16. The highest BCUT2D eigenvalue weighted by molar-refractivity contribution is 6.24. The predicted molar refractivity (Wildman–Crippen MR) is 183 cm³/mol. The van der Waals surface area contributed by atoms with Crippen LogP contribution >= 0.6 is 0 Å². The molecule has 9 aromatic rings. The molecule has 0 aliphatic carbocycles. The average Bonchev–Trinajstić information content (AvgIpc) is 3.45. The Balaban J connectivity index is 1.37. The van der Waals surface area contributed by atoms with Gasteiger partial charge < -0.3 is 4.42 Å². The van der Waals surface area contributed by atoms with Crippen molar-refractivity contribution < 1.29 is 4.42 Å². The summed E-state index contributed by atoms with van der Waals surface area (Å²) in [6.45, 7) is 0. The molecule has 0 fully saturated rings. The maximum Gasteiger partial charge on any atom is 0.135 e. The van der Waals surface area contributed by atoms with Crippen LogP contribution in [-0.4, -0.2) is 0 Å². The number of fused-ring (bicyclic) bond motifs is 6. The summed E-state index contributed by atoms with van der Waals surface area (Å²) < 4.78 is 6.16. The fourth-order valence-electron chi connectivity index (χ4n) is 7.00. The van der Waals surface area contributed by atoms with Crippen molar-refractivity contribution in [2.24, 2.45) is 0 Å². The van der Waals surface area contributed by atoms with Gasteiger partial charge >= 0.3 is 0 Å². The van der Waals surface area contributed by atoms with Gasteiger partial charge in [0.15, 0.2) is 0 Å². The lowest BCUT2D eigenvalue weighted by atomic mass is 9.83. The second-order valence-corrected chi connectivity index (χ2v) is 11.2. The van der Waals surface area contributed by atoms with Crippen LogP contribution in [0.3, 0.4) is 0 Å². The van der Waals surface area contributed by atoms with Crippen molar-refractivity contribution in [3.05, 3.63) is 158 Å². The first-order valence-electron chi connectivity index (χ1n) is 14.8.